The fourth-order valence-electron chi connectivity index (χ4n) is 2.71. The third-order valence-corrected chi connectivity index (χ3v) is 4.15. The zero-order valence-electron chi connectivity index (χ0n) is 19.6. The number of hydrogen-bond donors (Lipinski definition) is 3. The Bertz CT molecular complexity index is 974. The minimum absolute atomic E-state index is 0.00783. The highest BCUT2D eigenvalue weighted by atomic mass is 16.5. The second-order valence-corrected chi connectivity index (χ2v) is 8.03. The first kappa shape index (κ1) is 25.5. The summed E-state index contributed by atoms with van der Waals surface area (Å²) in [5, 5.41) is 8.14. The SMILES string of the molecule is COc1cc(C(=O)Nc2cccc(NC(=O)OCC(C)C)c2)ccc1OCC(=O)NC(C)C. The van der Waals surface area contributed by atoms with Crippen LogP contribution in [0.25, 0.3) is 0 Å². The highest BCUT2D eigenvalue weighted by Crippen LogP contribution is 2.28. The van der Waals surface area contributed by atoms with Crippen molar-refractivity contribution in [1.82, 2.24) is 5.32 Å². The molecule has 0 aliphatic heterocycles. The van der Waals surface area contributed by atoms with Crippen molar-refractivity contribution in [2.75, 3.05) is 31.0 Å². The molecule has 0 aliphatic carbocycles. The van der Waals surface area contributed by atoms with E-state index in [1.807, 2.05) is 27.7 Å². The van der Waals surface area contributed by atoms with Crippen molar-refractivity contribution in [3.8, 4) is 11.5 Å². The molecular weight excluding hydrogens is 426 g/mol. The van der Waals surface area contributed by atoms with Crippen LogP contribution in [0.4, 0.5) is 16.2 Å². The van der Waals surface area contributed by atoms with Gasteiger partial charge in [-0.1, -0.05) is 19.9 Å². The number of amides is 3. The molecule has 9 nitrogen and oxygen atoms in total. The summed E-state index contributed by atoms with van der Waals surface area (Å²) in [6, 6.07) is 11.4. The van der Waals surface area contributed by atoms with Crippen LogP contribution in [0.2, 0.25) is 0 Å². The Morgan fingerprint density at radius 2 is 1.61 bits per heavy atom. The highest BCUT2D eigenvalue weighted by molar-refractivity contribution is 6.05. The smallest absolute Gasteiger partial charge is 0.411 e. The summed E-state index contributed by atoms with van der Waals surface area (Å²) in [7, 11) is 1.45. The van der Waals surface area contributed by atoms with Crippen molar-refractivity contribution < 1.29 is 28.6 Å². The predicted molar refractivity (Wildman–Crippen MR) is 126 cm³/mol. The third kappa shape index (κ3) is 8.72. The number of benzene rings is 2. The molecule has 2 aromatic rings. The lowest BCUT2D eigenvalue weighted by Crippen LogP contribution is -2.34. The lowest BCUT2D eigenvalue weighted by molar-refractivity contribution is -0.123. The van der Waals surface area contributed by atoms with Gasteiger partial charge in [0.1, 0.15) is 0 Å². The first-order chi connectivity index (χ1) is 15.7. The van der Waals surface area contributed by atoms with Gasteiger partial charge in [0, 0.05) is 23.0 Å². The Kier molecular flexibility index (Phi) is 9.53. The molecule has 0 radical (unpaired) electrons. The highest BCUT2D eigenvalue weighted by Gasteiger charge is 2.14. The van der Waals surface area contributed by atoms with Crippen LogP contribution in [0.15, 0.2) is 42.5 Å². The molecule has 178 valence electrons. The minimum Gasteiger partial charge on any atom is -0.493 e. The Morgan fingerprint density at radius 1 is 0.909 bits per heavy atom. The van der Waals surface area contributed by atoms with Crippen LogP contribution in [0.3, 0.4) is 0 Å². The Balaban J connectivity index is 2.02. The van der Waals surface area contributed by atoms with Crippen LogP contribution >= 0.6 is 0 Å². The largest absolute Gasteiger partial charge is 0.493 e. The molecule has 2 rings (SSSR count). The van der Waals surface area contributed by atoms with Crippen LogP contribution in [0.1, 0.15) is 38.1 Å². The lowest BCUT2D eigenvalue weighted by atomic mass is 10.1. The van der Waals surface area contributed by atoms with Crippen molar-refractivity contribution >= 4 is 29.3 Å². The molecule has 0 aromatic heterocycles. The molecule has 2 aromatic carbocycles. The molecule has 0 saturated heterocycles. The van der Waals surface area contributed by atoms with E-state index in [1.54, 1.807) is 36.4 Å². The third-order valence-electron chi connectivity index (χ3n) is 4.15. The van der Waals surface area contributed by atoms with E-state index >= 15 is 0 Å². The number of ether oxygens (including phenoxy) is 3. The Labute approximate surface area is 193 Å². The van der Waals surface area contributed by atoms with Gasteiger partial charge >= 0.3 is 6.09 Å². The van der Waals surface area contributed by atoms with E-state index in [9.17, 15) is 14.4 Å². The summed E-state index contributed by atoms with van der Waals surface area (Å²) >= 11 is 0. The Morgan fingerprint density at radius 3 is 2.24 bits per heavy atom. The molecule has 0 fully saturated rings. The molecule has 0 aliphatic rings. The van der Waals surface area contributed by atoms with Gasteiger partial charge in [0.15, 0.2) is 18.1 Å². The first-order valence-electron chi connectivity index (χ1n) is 10.6. The zero-order valence-corrected chi connectivity index (χ0v) is 19.6. The van der Waals surface area contributed by atoms with E-state index in [4.69, 9.17) is 14.2 Å². The van der Waals surface area contributed by atoms with Crippen molar-refractivity contribution in [3.63, 3.8) is 0 Å². The minimum atomic E-state index is -0.561. The second kappa shape index (κ2) is 12.3. The van der Waals surface area contributed by atoms with Gasteiger partial charge in [-0.15, -0.1) is 0 Å². The van der Waals surface area contributed by atoms with E-state index in [1.165, 1.54) is 13.2 Å². The number of anilines is 2. The Hall–Kier alpha value is -3.75. The maximum Gasteiger partial charge on any atom is 0.411 e. The fourth-order valence-corrected chi connectivity index (χ4v) is 2.71. The van der Waals surface area contributed by atoms with Crippen LogP contribution in [-0.2, 0) is 9.53 Å². The predicted octanol–water partition coefficient (Wildman–Crippen LogP) is 4.06. The lowest BCUT2D eigenvalue weighted by Gasteiger charge is -2.14. The number of nitrogens with one attached hydrogen (secondary N) is 3. The molecule has 0 heterocycles. The molecule has 0 unspecified atom stereocenters. The van der Waals surface area contributed by atoms with Gasteiger partial charge in [-0.05, 0) is 56.2 Å². The molecule has 3 amide bonds. The quantitative estimate of drug-likeness (QED) is 0.496. The number of rotatable bonds is 10. The van der Waals surface area contributed by atoms with E-state index in [-0.39, 0.29) is 30.4 Å². The van der Waals surface area contributed by atoms with Gasteiger partial charge in [0.25, 0.3) is 11.8 Å². The van der Waals surface area contributed by atoms with E-state index < -0.39 is 6.09 Å². The van der Waals surface area contributed by atoms with Gasteiger partial charge in [-0.2, -0.15) is 0 Å². The summed E-state index contributed by atoms with van der Waals surface area (Å²) in [6.07, 6.45) is -0.561. The van der Waals surface area contributed by atoms with Gasteiger partial charge in [-0.3, -0.25) is 14.9 Å². The number of methoxy groups -OCH3 is 1. The van der Waals surface area contributed by atoms with Crippen molar-refractivity contribution in [2.45, 2.75) is 33.7 Å². The van der Waals surface area contributed by atoms with Crippen LogP contribution in [0.5, 0.6) is 11.5 Å². The molecule has 0 bridgehead atoms. The van der Waals surface area contributed by atoms with Crippen molar-refractivity contribution in [1.29, 1.82) is 0 Å². The van der Waals surface area contributed by atoms with Gasteiger partial charge in [0.05, 0.1) is 13.7 Å². The van der Waals surface area contributed by atoms with Crippen LogP contribution in [-0.4, -0.2) is 44.3 Å². The zero-order chi connectivity index (χ0) is 24.4. The molecule has 9 heteroatoms. The van der Waals surface area contributed by atoms with Crippen molar-refractivity contribution in [3.05, 3.63) is 48.0 Å². The second-order valence-electron chi connectivity index (χ2n) is 8.03. The van der Waals surface area contributed by atoms with Gasteiger partial charge < -0.3 is 24.8 Å². The maximum absolute atomic E-state index is 12.7. The van der Waals surface area contributed by atoms with Gasteiger partial charge in [0.2, 0.25) is 0 Å². The monoisotopic (exact) mass is 457 g/mol. The summed E-state index contributed by atoms with van der Waals surface area (Å²) in [6.45, 7) is 7.75. The number of carbonyl (C=O) groups excluding carboxylic acids is 3. The van der Waals surface area contributed by atoms with Crippen LogP contribution < -0.4 is 25.4 Å². The average Bonchev–Trinajstić information content (AvgIpc) is 2.76. The maximum atomic E-state index is 12.7. The molecular formula is C24H31N3O6. The topological polar surface area (TPSA) is 115 Å². The van der Waals surface area contributed by atoms with E-state index in [2.05, 4.69) is 16.0 Å². The van der Waals surface area contributed by atoms with E-state index in [0.717, 1.165) is 0 Å². The van der Waals surface area contributed by atoms with Crippen LogP contribution in [0, 0.1) is 5.92 Å². The summed E-state index contributed by atoms with van der Waals surface area (Å²) in [5.74, 6) is 0.266. The van der Waals surface area contributed by atoms with Crippen molar-refractivity contribution in [2.24, 2.45) is 5.92 Å². The molecule has 3 N–H and O–H groups in total. The summed E-state index contributed by atoms with van der Waals surface area (Å²) in [4.78, 5) is 36.3. The standard InChI is InChI=1S/C24H31N3O6/c1-15(2)13-33-24(30)27-19-8-6-7-18(12-19)26-23(29)17-9-10-20(21(11-17)31-5)32-14-22(28)25-16(3)4/h6-12,15-16H,13-14H2,1-5H3,(H,25,28)(H,26,29)(H,27,30). The average molecular weight is 458 g/mol. The molecule has 0 saturated carbocycles. The molecule has 0 atom stereocenters. The first-order valence-corrected chi connectivity index (χ1v) is 10.6. The normalized spacial score (nSPS) is 10.5. The summed E-state index contributed by atoms with van der Waals surface area (Å²) in [5.41, 5.74) is 1.31. The molecule has 0 spiro atoms. The van der Waals surface area contributed by atoms with E-state index in [0.29, 0.717) is 35.0 Å². The number of carbonyl (C=O) groups is 3. The fraction of sp³-hybridized carbons (Fsp3) is 0.375. The summed E-state index contributed by atoms with van der Waals surface area (Å²) < 4.78 is 15.9. The van der Waals surface area contributed by atoms with Gasteiger partial charge in [-0.25, -0.2) is 4.79 Å². The molecule has 33 heavy (non-hydrogen) atoms. The number of hydrogen-bond acceptors (Lipinski definition) is 6.